The van der Waals surface area contributed by atoms with Crippen molar-refractivity contribution in [1.82, 2.24) is 0 Å². The number of carbonyl (C=O) groups excluding carboxylic acids is 5. The van der Waals surface area contributed by atoms with Crippen molar-refractivity contribution in [2.75, 3.05) is 0 Å². The maximum Gasteiger partial charge on any atom is 0.361 e. The summed E-state index contributed by atoms with van der Waals surface area (Å²) in [6.45, 7) is 3.08. The van der Waals surface area contributed by atoms with Crippen LogP contribution in [0.15, 0.2) is 11.8 Å². The zero-order chi connectivity index (χ0) is 16.2. The second kappa shape index (κ2) is 6.64. The van der Waals surface area contributed by atoms with Crippen molar-refractivity contribution in [1.29, 1.82) is 0 Å². The van der Waals surface area contributed by atoms with Crippen LogP contribution in [-0.2, 0) is 42.9 Å². The molecule has 0 N–H and O–H groups in total. The van der Waals surface area contributed by atoms with Gasteiger partial charge in [-0.2, -0.15) is 0 Å². The first kappa shape index (κ1) is 16.3. The predicted molar refractivity (Wildman–Crippen MR) is 62.1 cm³/mol. The van der Waals surface area contributed by atoms with Gasteiger partial charge in [-0.25, -0.2) is 4.79 Å². The van der Waals surface area contributed by atoms with Gasteiger partial charge in [-0.05, 0) is 0 Å². The minimum Gasteiger partial charge on any atom is -0.442 e. The van der Waals surface area contributed by atoms with Gasteiger partial charge in [0.05, 0.1) is 0 Å². The third-order valence-corrected chi connectivity index (χ3v) is 2.04. The number of rotatable bonds is 4. The molecule has 9 nitrogen and oxygen atoms in total. The fourth-order valence-electron chi connectivity index (χ4n) is 1.36. The average Bonchev–Trinajstić information content (AvgIpc) is 2.31. The normalized spacial score (nSPS) is 17.7. The minimum absolute atomic E-state index is 0.487. The molecule has 0 saturated heterocycles. The molecule has 0 aliphatic carbocycles. The summed E-state index contributed by atoms with van der Waals surface area (Å²) in [7, 11) is 0. The van der Waals surface area contributed by atoms with Crippen LogP contribution in [0.25, 0.3) is 0 Å². The Bertz CT molecular complexity index is 515. The third kappa shape index (κ3) is 4.71. The van der Waals surface area contributed by atoms with Crippen molar-refractivity contribution in [3.05, 3.63) is 11.8 Å². The first-order chi connectivity index (χ1) is 9.70. The smallest absolute Gasteiger partial charge is 0.361 e. The van der Waals surface area contributed by atoms with Crippen LogP contribution in [0, 0.1) is 0 Å². The Labute approximate surface area is 118 Å². The molecule has 0 amide bonds. The molecule has 0 radical (unpaired) electrons. The highest BCUT2D eigenvalue weighted by Crippen LogP contribution is 2.19. The van der Waals surface area contributed by atoms with E-state index in [9.17, 15) is 24.0 Å². The lowest BCUT2D eigenvalue weighted by Crippen LogP contribution is -2.41. The van der Waals surface area contributed by atoms with Gasteiger partial charge in [-0.1, -0.05) is 0 Å². The van der Waals surface area contributed by atoms with Crippen LogP contribution < -0.4 is 0 Å². The molecule has 1 atom stereocenters. The number of esters is 4. The van der Waals surface area contributed by atoms with E-state index in [0.29, 0.717) is 0 Å². The second-order valence-electron chi connectivity index (χ2n) is 3.91. The van der Waals surface area contributed by atoms with E-state index in [2.05, 4.69) is 14.2 Å². The zero-order valence-corrected chi connectivity index (χ0v) is 11.4. The minimum atomic E-state index is -1.73. The molecule has 1 rings (SSSR count). The van der Waals surface area contributed by atoms with Gasteiger partial charge in [-0.3, -0.25) is 19.2 Å². The average molecular weight is 300 g/mol. The molecule has 1 aliphatic heterocycles. The molecule has 0 aromatic rings. The molecule has 21 heavy (non-hydrogen) atoms. The number of carbonyl (C=O) groups is 5. The van der Waals surface area contributed by atoms with Crippen LogP contribution in [-0.4, -0.2) is 42.1 Å². The van der Waals surface area contributed by atoms with Gasteiger partial charge in [-0.15, -0.1) is 0 Å². The Balaban J connectivity index is 2.97. The molecule has 0 fully saturated rings. The van der Waals surface area contributed by atoms with Crippen LogP contribution in [0.2, 0.25) is 0 Å². The molecule has 0 spiro atoms. The van der Waals surface area contributed by atoms with Gasteiger partial charge in [0.1, 0.15) is 0 Å². The number of hydrogen-bond acceptors (Lipinski definition) is 9. The van der Waals surface area contributed by atoms with Crippen LogP contribution in [0.5, 0.6) is 0 Å². The molecule has 0 saturated carbocycles. The number of cyclic esters (lactones) is 1. The number of ether oxygens (including phenoxy) is 4. The van der Waals surface area contributed by atoms with E-state index in [1.54, 1.807) is 0 Å². The topological polar surface area (TPSA) is 122 Å². The van der Waals surface area contributed by atoms with Gasteiger partial charge in [0, 0.05) is 26.8 Å². The van der Waals surface area contributed by atoms with Crippen molar-refractivity contribution < 1.29 is 42.9 Å². The quantitative estimate of drug-likeness (QED) is 0.289. The highest BCUT2D eigenvalue weighted by Gasteiger charge is 2.39. The highest BCUT2D eigenvalue weighted by atomic mass is 16.7. The molecule has 114 valence electrons. The van der Waals surface area contributed by atoms with Gasteiger partial charge >= 0.3 is 30.2 Å². The number of hydrogen-bond donors (Lipinski definition) is 0. The van der Waals surface area contributed by atoms with E-state index in [-0.39, 0.29) is 0 Å². The molecular formula is C12H12O9. The number of ketones is 1. The Morgan fingerprint density at radius 2 is 1.57 bits per heavy atom. The van der Waals surface area contributed by atoms with E-state index in [1.165, 1.54) is 0 Å². The Morgan fingerprint density at radius 1 is 1.05 bits per heavy atom. The summed E-state index contributed by atoms with van der Waals surface area (Å²) in [5, 5.41) is 0. The molecule has 1 unspecified atom stereocenters. The summed E-state index contributed by atoms with van der Waals surface area (Å²) in [5.41, 5.74) is 0. The largest absolute Gasteiger partial charge is 0.442 e. The Hall–Kier alpha value is -2.71. The Kier molecular flexibility index (Phi) is 5.17. The summed E-state index contributed by atoms with van der Waals surface area (Å²) in [6.07, 6.45) is -2.65. The lowest BCUT2D eigenvalue weighted by atomic mass is 10.1. The van der Waals surface area contributed by atoms with Gasteiger partial charge in [0.25, 0.3) is 6.10 Å². The second-order valence-corrected chi connectivity index (χ2v) is 3.91. The summed E-state index contributed by atoms with van der Waals surface area (Å²) in [5.74, 6) is -5.07. The molecule has 1 heterocycles. The maximum absolute atomic E-state index is 11.7. The maximum atomic E-state index is 11.7. The van der Waals surface area contributed by atoms with Crippen molar-refractivity contribution in [2.24, 2.45) is 0 Å². The van der Waals surface area contributed by atoms with Crippen molar-refractivity contribution in [2.45, 2.75) is 33.2 Å². The first-order valence-corrected chi connectivity index (χ1v) is 5.69. The lowest BCUT2D eigenvalue weighted by molar-refractivity contribution is -0.190. The van der Waals surface area contributed by atoms with Crippen LogP contribution >= 0.6 is 0 Å². The van der Waals surface area contributed by atoms with Crippen molar-refractivity contribution >= 4 is 29.7 Å². The SMILES string of the molecule is CC(=O)OC(OC(C)=O)C1=CC(=O)C(OC(C)=O)C(=O)O1. The van der Waals surface area contributed by atoms with Crippen molar-refractivity contribution in [3.8, 4) is 0 Å². The lowest BCUT2D eigenvalue weighted by Gasteiger charge is -2.24. The van der Waals surface area contributed by atoms with Crippen LogP contribution in [0.4, 0.5) is 0 Å². The van der Waals surface area contributed by atoms with Crippen molar-refractivity contribution in [3.63, 3.8) is 0 Å². The van der Waals surface area contributed by atoms with Gasteiger partial charge in [0.15, 0.2) is 5.76 Å². The molecular weight excluding hydrogens is 288 g/mol. The van der Waals surface area contributed by atoms with E-state index >= 15 is 0 Å². The van der Waals surface area contributed by atoms with Crippen LogP contribution in [0.1, 0.15) is 20.8 Å². The van der Waals surface area contributed by atoms with E-state index in [4.69, 9.17) is 4.74 Å². The summed E-state index contributed by atoms with van der Waals surface area (Å²) < 4.78 is 18.4. The Morgan fingerprint density at radius 3 is 1.95 bits per heavy atom. The first-order valence-electron chi connectivity index (χ1n) is 5.69. The van der Waals surface area contributed by atoms with Gasteiger partial charge in [0.2, 0.25) is 5.78 Å². The monoisotopic (exact) mass is 300 g/mol. The molecule has 0 aromatic heterocycles. The molecule has 0 aromatic carbocycles. The highest BCUT2D eigenvalue weighted by molar-refractivity contribution is 6.11. The summed E-state index contributed by atoms with van der Waals surface area (Å²) in [4.78, 5) is 55.9. The standard InChI is InChI=1S/C12H12O9/c1-5(13)18-10-8(16)4-9(21-11(10)17)12(19-6(2)14)20-7(3)15/h4,10,12H,1-3H3. The fraction of sp³-hybridized carbons (Fsp3) is 0.417. The molecule has 1 aliphatic rings. The molecule has 9 heteroatoms. The van der Waals surface area contributed by atoms with Gasteiger partial charge < -0.3 is 18.9 Å². The fourth-order valence-corrected chi connectivity index (χ4v) is 1.36. The zero-order valence-electron chi connectivity index (χ0n) is 11.4. The van der Waals surface area contributed by atoms with Crippen LogP contribution in [0.3, 0.4) is 0 Å². The van der Waals surface area contributed by atoms with E-state index < -0.39 is 47.8 Å². The summed E-state index contributed by atoms with van der Waals surface area (Å²) in [6, 6.07) is 0. The third-order valence-electron chi connectivity index (χ3n) is 2.04. The van der Waals surface area contributed by atoms with E-state index in [1.807, 2.05) is 0 Å². The molecule has 0 bridgehead atoms. The van der Waals surface area contributed by atoms with E-state index in [0.717, 1.165) is 26.8 Å². The predicted octanol–water partition coefficient (Wildman–Crippen LogP) is -0.620. The summed E-state index contributed by atoms with van der Waals surface area (Å²) >= 11 is 0.